The smallest absolute Gasteiger partial charge is 0.341 e. The second-order valence-electron chi connectivity index (χ2n) is 5.69. The van der Waals surface area contributed by atoms with Crippen LogP contribution in [0, 0.1) is 6.92 Å². The number of pyridine rings is 1. The highest BCUT2D eigenvalue weighted by atomic mass is 32.2. The molecule has 0 saturated heterocycles. The molecule has 144 valence electrons. The highest BCUT2D eigenvalue weighted by molar-refractivity contribution is 7.99. The highest BCUT2D eigenvalue weighted by Gasteiger charge is 2.14. The lowest BCUT2D eigenvalue weighted by Gasteiger charge is -2.16. The predicted octanol–water partition coefficient (Wildman–Crippen LogP) is 3.01. The second-order valence-corrected chi connectivity index (χ2v) is 6.83. The molecule has 1 aromatic heterocycles. The van der Waals surface area contributed by atoms with Gasteiger partial charge in [-0.15, -0.1) is 11.8 Å². The zero-order valence-corrected chi connectivity index (χ0v) is 16.3. The standard InChI is InChI=1S/C19H22N2O5S/c1-13-10-16(15(25-3)11-14(13)26-12-19(23)24)27-9-7-18(22)21(2)17-6-4-5-8-20-17/h4-6,8,10-11H,7,9,12H2,1-3H3,(H,23,24). The van der Waals surface area contributed by atoms with Crippen molar-refractivity contribution in [3.63, 3.8) is 0 Å². The molecule has 1 N–H and O–H groups in total. The Morgan fingerprint density at radius 1 is 1.26 bits per heavy atom. The van der Waals surface area contributed by atoms with Crippen LogP contribution in [0.2, 0.25) is 0 Å². The number of amides is 1. The van der Waals surface area contributed by atoms with Gasteiger partial charge in [0.1, 0.15) is 17.3 Å². The molecule has 1 amide bonds. The van der Waals surface area contributed by atoms with Gasteiger partial charge in [0.15, 0.2) is 6.61 Å². The summed E-state index contributed by atoms with van der Waals surface area (Å²) in [6, 6.07) is 8.96. The fourth-order valence-electron chi connectivity index (χ4n) is 2.31. The zero-order valence-electron chi connectivity index (χ0n) is 15.5. The minimum atomic E-state index is -1.04. The van der Waals surface area contributed by atoms with E-state index in [9.17, 15) is 9.59 Å². The fraction of sp³-hybridized carbons (Fsp3) is 0.316. The number of rotatable bonds is 9. The van der Waals surface area contributed by atoms with Crippen LogP contribution in [-0.4, -0.2) is 48.5 Å². The first-order chi connectivity index (χ1) is 12.9. The fourth-order valence-corrected chi connectivity index (χ4v) is 3.35. The van der Waals surface area contributed by atoms with E-state index in [0.717, 1.165) is 10.5 Å². The molecule has 1 heterocycles. The number of hydrogen-bond acceptors (Lipinski definition) is 6. The first-order valence-electron chi connectivity index (χ1n) is 8.26. The highest BCUT2D eigenvalue weighted by Crippen LogP contribution is 2.35. The quantitative estimate of drug-likeness (QED) is 0.658. The molecule has 8 heteroatoms. The number of hydrogen-bond donors (Lipinski definition) is 1. The molecule has 27 heavy (non-hydrogen) atoms. The van der Waals surface area contributed by atoms with Crippen molar-refractivity contribution >= 4 is 29.5 Å². The maximum Gasteiger partial charge on any atom is 0.341 e. The second kappa shape index (κ2) is 9.82. The Morgan fingerprint density at radius 2 is 2.04 bits per heavy atom. The summed E-state index contributed by atoms with van der Waals surface area (Å²) in [7, 11) is 3.24. The summed E-state index contributed by atoms with van der Waals surface area (Å²) >= 11 is 1.50. The number of nitrogens with zero attached hydrogens (tertiary/aromatic N) is 2. The maximum absolute atomic E-state index is 12.3. The SMILES string of the molecule is COc1cc(OCC(=O)O)c(C)cc1SCCC(=O)N(C)c1ccccn1. The minimum Gasteiger partial charge on any atom is -0.495 e. The molecular formula is C19H22N2O5S. The van der Waals surface area contributed by atoms with E-state index in [1.165, 1.54) is 23.8 Å². The van der Waals surface area contributed by atoms with E-state index in [1.54, 1.807) is 31.4 Å². The normalized spacial score (nSPS) is 10.3. The van der Waals surface area contributed by atoms with Gasteiger partial charge in [0.25, 0.3) is 0 Å². The van der Waals surface area contributed by atoms with E-state index in [2.05, 4.69) is 4.98 Å². The number of ether oxygens (including phenoxy) is 2. The number of aryl methyl sites for hydroxylation is 1. The van der Waals surface area contributed by atoms with Crippen LogP contribution in [0.3, 0.4) is 0 Å². The molecule has 0 saturated carbocycles. The molecule has 2 aromatic rings. The Kier molecular flexibility index (Phi) is 7.48. The van der Waals surface area contributed by atoms with Gasteiger partial charge in [-0.1, -0.05) is 6.07 Å². The Balaban J connectivity index is 1.97. The van der Waals surface area contributed by atoms with Crippen molar-refractivity contribution < 1.29 is 24.2 Å². The van der Waals surface area contributed by atoms with Gasteiger partial charge in [-0.05, 0) is 30.7 Å². The molecule has 0 bridgehead atoms. The van der Waals surface area contributed by atoms with Crippen molar-refractivity contribution in [3.8, 4) is 11.5 Å². The summed E-state index contributed by atoms with van der Waals surface area (Å²) < 4.78 is 10.6. The lowest BCUT2D eigenvalue weighted by atomic mass is 10.2. The zero-order chi connectivity index (χ0) is 19.8. The summed E-state index contributed by atoms with van der Waals surface area (Å²) in [5.74, 6) is 1.16. The van der Waals surface area contributed by atoms with Crippen LogP contribution in [0.25, 0.3) is 0 Å². The van der Waals surface area contributed by atoms with Crippen molar-refractivity contribution in [3.05, 3.63) is 42.1 Å². The molecule has 0 aliphatic rings. The lowest BCUT2D eigenvalue weighted by Crippen LogP contribution is -2.27. The number of carboxylic acid groups (broad SMARTS) is 1. The third kappa shape index (κ3) is 5.89. The average Bonchev–Trinajstić information content (AvgIpc) is 2.67. The molecule has 2 rings (SSSR count). The largest absolute Gasteiger partial charge is 0.495 e. The van der Waals surface area contributed by atoms with Gasteiger partial charge in [-0.3, -0.25) is 9.69 Å². The van der Waals surface area contributed by atoms with E-state index in [0.29, 0.717) is 29.5 Å². The molecule has 0 spiro atoms. The number of aromatic nitrogens is 1. The molecule has 1 aromatic carbocycles. The number of anilines is 1. The topological polar surface area (TPSA) is 89.0 Å². The first-order valence-corrected chi connectivity index (χ1v) is 9.24. The van der Waals surface area contributed by atoms with Gasteiger partial charge >= 0.3 is 5.97 Å². The number of carbonyl (C=O) groups is 2. The van der Waals surface area contributed by atoms with Gasteiger partial charge in [0.2, 0.25) is 5.91 Å². The molecular weight excluding hydrogens is 368 g/mol. The number of carboxylic acids is 1. The molecule has 0 aliphatic heterocycles. The van der Waals surface area contributed by atoms with Crippen molar-refractivity contribution in [2.45, 2.75) is 18.2 Å². The molecule has 0 radical (unpaired) electrons. The summed E-state index contributed by atoms with van der Waals surface area (Å²) in [6.07, 6.45) is 1.99. The van der Waals surface area contributed by atoms with Crippen LogP contribution in [0.1, 0.15) is 12.0 Å². The number of methoxy groups -OCH3 is 1. The Morgan fingerprint density at radius 3 is 2.67 bits per heavy atom. The number of carbonyl (C=O) groups excluding carboxylic acids is 1. The van der Waals surface area contributed by atoms with Gasteiger partial charge in [-0.2, -0.15) is 0 Å². The van der Waals surface area contributed by atoms with Crippen LogP contribution in [0.5, 0.6) is 11.5 Å². The third-order valence-corrected chi connectivity index (χ3v) is 4.79. The van der Waals surface area contributed by atoms with Gasteiger partial charge in [0, 0.05) is 36.4 Å². The minimum absolute atomic E-state index is 0.0294. The summed E-state index contributed by atoms with van der Waals surface area (Å²) in [4.78, 5) is 29.6. The predicted molar refractivity (Wildman–Crippen MR) is 104 cm³/mol. The van der Waals surface area contributed by atoms with Crippen molar-refractivity contribution in [2.75, 3.05) is 31.4 Å². The van der Waals surface area contributed by atoms with Crippen molar-refractivity contribution in [1.29, 1.82) is 0 Å². The van der Waals surface area contributed by atoms with Crippen molar-refractivity contribution in [2.24, 2.45) is 0 Å². The summed E-state index contributed by atoms with van der Waals surface area (Å²) in [6.45, 7) is 1.42. The monoisotopic (exact) mass is 390 g/mol. The number of aliphatic carboxylic acids is 1. The Labute approximate surface area is 162 Å². The Hall–Kier alpha value is -2.74. The third-order valence-electron chi connectivity index (χ3n) is 3.75. The number of benzene rings is 1. The molecule has 0 atom stereocenters. The van der Waals surface area contributed by atoms with Gasteiger partial charge in [0.05, 0.1) is 7.11 Å². The van der Waals surface area contributed by atoms with E-state index >= 15 is 0 Å². The van der Waals surface area contributed by atoms with Crippen LogP contribution in [-0.2, 0) is 9.59 Å². The van der Waals surface area contributed by atoms with E-state index in [1.807, 2.05) is 19.1 Å². The van der Waals surface area contributed by atoms with E-state index in [-0.39, 0.29) is 5.91 Å². The summed E-state index contributed by atoms with van der Waals surface area (Å²) in [5.41, 5.74) is 0.802. The van der Waals surface area contributed by atoms with E-state index < -0.39 is 12.6 Å². The molecule has 0 aliphatic carbocycles. The summed E-state index contributed by atoms with van der Waals surface area (Å²) in [5, 5.41) is 8.74. The first kappa shape index (κ1) is 20.6. The number of thioether (sulfide) groups is 1. The van der Waals surface area contributed by atoms with Gasteiger partial charge < -0.3 is 14.6 Å². The van der Waals surface area contributed by atoms with Crippen LogP contribution in [0.15, 0.2) is 41.4 Å². The van der Waals surface area contributed by atoms with Crippen LogP contribution < -0.4 is 14.4 Å². The molecule has 0 unspecified atom stereocenters. The van der Waals surface area contributed by atoms with Crippen LogP contribution >= 0.6 is 11.8 Å². The average molecular weight is 390 g/mol. The van der Waals surface area contributed by atoms with Gasteiger partial charge in [-0.25, -0.2) is 9.78 Å². The van der Waals surface area contributed by atoms with Crippen molar-refractivity contribution in [1.82, 2.24) is 4.98 Å². The Bertz CT molecular complexity index is 798. The van der Waals surface area contributed by atoms with E-state index in [4.69, 9.17) is 14.6 Å². The van der Waals surface area contributed by atoms with Crippen LogP contribution in [0.4, 0.5) is 5.82 Å². The maximum atomic E-state index is 12.3. The lowest BCUT2D eigenvalue weighted by molar-refractivity contribution is -0.139. The molecule has 0 fully saturated rings. The molecule has 7 nitrogen and oxygen atoms in total.